The van der Waals surface area contributed by atoms with E-state index in [0.717, 1.165) is 23.9 Å². The van der Waals surface area contributed by atoms with Gasteiger partial charge in [-0.3, -0.25) is 4.72 Å². The van der Waals surface area contributed by atoms with Crippen LogP contribution >= 0.6 is 11.8 Å². The predicted molar refractivity (Wildman–Crippen MR) is 111 cm³/mol. The summed E-state index contributed by atoms with van der Waals surface area (Å²) in [6.07, 6.45) is -1.27. The average Bonchev–Trinajstić information content (AvgIpc) is 2.75. The quantitative estimate of drug-likeness (QED) is 0.400. The number of carboxylic acid groups (broad SMARTS) is 1. The third kappa shape index (κ3) is 6.25. The van der Waals surface area contributed by atoms with E-state index in [-0.39, 0.29) is 54.5 Å². The van der Waals surface area contributed by atoms with Gasteiger partial charge in [0.25, 0.3) is 0 Å². The largest absolute Gasteiger partial charge is 0.479 e. The Kier molecular flexibility index (Phi) is 7.82. The summed E-state index contributed by atoms with van der Waals surface area (Å²) < 4.78 is 66.5. The van der Waals surface area contributed by atoms with Crippen molar-refractivity contribution >= 4 is 33.8 Å². The lowest BCUT2D eigenvalue weighted by Gasteiger charge is -2.26. The molecule has 174 valence electrons. The van der Waals surface area contributed by atoms with Gasteiger partial charge in [-0.05, 0) is 13.0 Å². The Bertz CT molecular complexity index is 1080. The molecule has 2 N–H and O–H groups in total. The zero-order valence-corrected chi connectivity index (χ0v) is 18.5. The summed E-state index contributed by atoms with van der Waals surface area (Å²) >= 11 is 0.897. The minimum absolute atomic E-state index is 0.0246. The van der Waals surface area contributed by atoms with Crippen LogP contribution < -0.4 is 9.46 Å². The number of hydrogen-bond acceptors (Lipinski definition) is 8. The SMILES string of the molecule is C[C@@H](Oc1cc(NS(=O)(=O)N2CCOCC2)nc(SCc2cccc(F)c2F)n1)C(=O)O. The number of carboxylic acids is 1. The number of aromatic nitrogens is 2. The van der Waals surface area contributed by atoms with E-state index in [2.05, 4.69) is 14.7 Å². The zero-order chi connectivity index (χ0) is 23.3. The Hall–Kier alpha value is -2.55. The lowest BCUT2D eigenvalue weighted by Crippen LogP contribution is -2.43. The van der Waals surface area contributed by atoms with Gasteiger partial charge in [-0.15, -0.1) is 0 Å². The minimum Gasteiger partial charge on any atom is -0.479 e. The lowest BCUT2D eigenvalue weighted by atomic mass is 10.2. The number of aliphatic carboxylic acids is 1. The summed E-state index contributed by atoms with van der Waals surface area (Å²) in [5.41, 5.74) is 0.0549. The second-order valence-corrected chi connectivity index (χ2v) is 9.21. The number of nitrogens with zero attached hydrogens (tertiary/aromatic N) is 3. The summed E-state index contributed by atoms with van der Waals surface area (Å²) in [6.45, 7) is 2.07. The maximum atomic E-state index is 13.9. The van der Waals surface area contributed by atoms with E-state index in [1.807, 2.05) is 0 Å². The number of hydrogen-bond donors (Lipinski definition) is 2. The molecule has 1 atom stereocenters. The molecule has 14 heteroatoms. The van der Waals surface area contributed by atoms with Crippen molar-refractivity contribution in [2.45, 2.75) is 23.9 Å². The van der Waals surface area contributed by atoms with Crippen LogP contribution in [-0.4, -0.2) is 66.2 Å². The lowest BCUT2D eigenvalue weighted by molar-refractivity contribution is -0.144. The fourth-order valence-electron chi connectivity index (χ4n) is 2.60. The Morgan fingerprint density at radius 3 is 2.75 bits per heavy atom. The Morgan fingerprint density at radius 1 is 1.34 bits per heavy atom. The van der Waals surface area contributed by atoms with Crippen molar-refractivity contribution in [2.24, 2.45) is 0 Å². The summed E-state index contributed by atoms with van der Waals surface area (Å²) in [6, 6.07) is 4.87. The molecule has 2 aromatic rings. The first-order valence-electron chi connectivity index (χ1n) is 9.35. The number of rotatable bonds is 9. The van der Waals surface area contributed by atoms with E-state index in [9.17, 15) is 22.0 Å². The van der Waals surface area contributed by atoms with Crippen molar-refractivity contribution in [1.29, 1.82) is 0 Å². The number of thioether (sulfide) groups is 1. The highest BCUT2D eigenvalue weighted by Crippen LogP contribution is 2.26. The number of anilines is 1. The maximum Gasteiger partial charge on any atom is 0.344 e. The van der Waals surface area contributed by atoms with Crippen molar-refractivity contribution in [1.82, 2.24) is 14.3 Å². The van der Waals surface area contributed by atoms with Crippen molar-refractivity contribution in [3.63, 3.8) is 0 Å². The molecule has 0 bridgehead atoms. The Balaban J connectivity index is 1.85. The van der Waals surface area contributed by atoms with Crippen molar-refractivity contribution in [3.8, 4) is 5.88 Å². The molecule has 32 heavy (non-hydrogen) atoms. The van der Waals surface area contributed by atoms with Gasteiger partial charge in [0.2, 0.25) is 5.88 Å². The van der Waals surface area contributed by atoms with Crippen molar-refractivity contribution in [2.75, 3.05) is 31.0 Å². The number of nitrogens with one attached hydrogen (secondary N) is 1. The molecule has 1 aromatic carbocycles. The summed E-state index contributed by atoms with van der Waals surface area (Å²) in [7, 11) is -3.97. The molecule has 1 aliphatic rings. The molecule has 0 amide bonds. The molecular weight excluding hydrogens is 470 g/mol. The summed E-state index contributed by atoms with van der Waals surface area (Å²) in [4.78, 5) is 19.2. The van der Waals surface area contributed by atoms with Crippen molar-refractivity contribution < 1.29 is 36.6 Å². The second-order valence-electron chi connectivity index (χ2n) is 6.59. The van der Waals surface area contributed by atoms with Gasteiger partial charge in [0.05, 0.1) is 13.2 Å². The smallest absolute Gasteiger partial charge is 0.344 e. The fraction of sp³-hybridized carbons (Fsp3) is 0.389. The molecule has 2 heterocycles. The fourth-order valence-corrected chi connectivity index (χ4v) is 4.55. The number of benzene rings is 1. The van der Waals surface area contributed by atoms with Gasteiger partial charge in [-0.25, -0.2) is 18.6 Å². The van der Waals surface area contributed by atoms with E-state index in [4.69, 9.17) is 14.6 Å². The van der Waals surface area contributed by atoms with Gasteiger partial charge >= 0.3 is 16.2 Å². The van der Waals surface area contributed by atoms with E-state index >= 15 is 0 Å². The van der Waals surface area contributed by atoms with Crippen LogP contribution in [0.3, 0.4) is 0 Å². The van der Waals surface area contributed by atoms with Crippen LogP contribution in [0.1, 0.15) is 12.5 Å². The van der Waals surface area contributed by atoms with Gasteiger partial charge in [0, 0.05) is 30.5 Å². The van der Waals surface area contributed by atoms with E-state index in [1.54, 1.807) is 0 Å². The molecule has 0 spiro atoms. The first-order chi connectivity index (χ1) is 15.2. The third-order valence-corrected chi connectivity index (χ3v) is 6.67. The maximum absolute atomic E-state index is 13.9. The van der Waals surface area contributed by atoms with Gasteiger partial charge in [-0.1, -0.05) is 23.9 Å². The highest BCUT2D eigenvalue weighted by molar-refractivity contribution is 7.98. The molecule has 0 radical (unpaired) electrons. The number of carbonyl (C=O) groups is 1. The van der Waals surface area contributed by atoms with Crippen LogP contribution in [-0.2, 0) is 25.5 Å². The van der Waals surface area contributed by atoms with Gasteiger partial charge < -0.3 is 14.6 Å². The number of morpholine rings is 1. The highest BCUT2D eigenvalue weighted by atomic mass is 32.2. The topological polar surface area (TPSA) is 131 Å². The molecule has 10 nitrogen and oxygen atoms in total. The molecule has 1 fully saturated rings. The first kappa shape index (κ1) is 24.1. The zero-order valence-electron chi connectivity index (χ0n) is 16.8. The molecule has 1 saturated heterocycles. The standard InChI is InChI=1S/C18H20F2N4O6S2/c1-11(17(25)26)30-15-9-14(23-32(27,28)24-5-7-29-8-6-24)21-18(22-15)31-10-12-3-2-4-13(19)16(12)20/h2-4,9,11H,5-8,10H2,1H3,(H,25,26)(H,21,22,23)/t11-/m1/s1. The van der Waals surface area contributed by atoms with E-state index in [0.29, 0.717) is 0 Å². The molecule has 0 saturated carbocycles. The summed E-state index contributed by atoms with van der Waals surface area (Å²) in [5.74, 6) is -3.69. The van der Waals surface area contributed by atoms with Crippen LogP contribution in [0.4, 0.5) is 14.6 Å². The van der Waals surface area contributed by atoms with Gasteiger partial charge in [0.1, 0.15) is 5.82 Å². The molecule has 0 aliphatic carbocycles. The highest BCUT2D eigenvalue weighted by Gasteiger charge is 2.25. The molecule has 1 aromatic heterocycles. The normalized spacial score (nSPS) is 15.8. The minimum atomic E-state index is -3.97. The second kappa shape index (κ2) is 10.4. The molecule has 1 aliphatic heterocycles. The first-order valence-corrected chi connectivity index (χ1v) is 11.8. The summed E-state index contributed by atoms with van der Waals surface area (Å²) in [5, 5.41) is 9.04. The number of ether oxygens (including phenoxy) is 2. The van der Waals surface area contributed by atoms with Crippen LogP contribution in [0.2, 0.25) is 0 Å². The van der Waals surface area contributed by atoms with Crippen LogP contribution in [0.5, 0.6) is 5.88 Å². The van der Waals surface area contributed by atoms with Crippen LogP contribution in [0.15, 0.2) is 29.4 Å². The van der Waals surface area contributed by atoms with Crippen LogP contribution in [0.25, 0.3) is 0 Å². The average molecular weight is 491 g/mol. The van der Waals surface area contributed by atoms with Gasteiger partial charge in [0.15, 0.2) is 22.9 Å². The molecule has 3 rings (SSSR count). The van der Waals surface area contributed by atoms with E-state index in [1.165, 1.54) is 23.4 Å². The monoisotopic (exact) mass is 490 g/mol. The predicted octanol–water partition coefficient (Wildman–Crippen LogP) is 1.89. The number of halogens is 2. The Morgan fingerprint density at radius 2 is 2.06 bits per heavy atom. The molecule has 0 unspecified atom stereocenters. The molecular formula is C18H20F2N4O6S2. The third-order valence-electron chi connectivity index (χ3n) is 4.26. The Labute approximate surface area is 187 Å². The van der Waals surface area contributed by atoms with Gasteiger partial charge in [-0.2, -0.15) is 17.7 Å². The van der Waals surface area contributed by atoms with E-state index < -0.39 is 33.9 Å². The van der Waals surface area contributed by atoms with Crippen LogP contribution in [0, 0.1) is 11.6 Å². The van der Waals surface area contributed by atoms with Crippen molar-refractivity contribution in [3.05, 3.63) is 41.5 Å².